The molecule has 5 rings (SSSR count). The lowest BCUT2D eigenvalue weighted by Gasteiger charge is -2.49. The Morgan fingerprint density at radius 2 is 2.06 bits per heavy atom. The smallest absolute Gasteiger partial charge is 0.253 e. The number of nitrogen functional groups attached to an aromatic ring is 1. The number of amides is 1. The molecule has 9 heteroatoms. The maximum atomic E-state index is 13.6. The molecule has 0 radical (unpaired) electrons. The molecular formula is C25H32ClN7O. The Balaban J connectivity index is 1.46. The lowest BCUT2D eigenvalue weighted by atomic mass is 9.79. The molecule has 3 aromatic rings. The average Bonchev–Trinajstić information content (AvgIpc) is 3.24. The number of hydrogen-bond acceptors (Lipinski definition) is 6. The number of rotatable bonds is 5. The number of anilines is 1. The van der Waals surface area contributed by atoms with Crippen molar-refractivity contribution in [3.8, 4) is 5.82 Å². The third kappa shape index (κ3) is 4.26. The van der Waals surface area contributed by atoms with Crippen molar-refractivity contribution in [2.45, 2.75) is 50.6 Å². The quantitative estimate of drug-likeness (QED) is 0.516. The first-order valence-corrected chi connectivity index (χ1v) is 12.5. The molecule has 1 saturated carbocycles. The number of carbonyl (C=O) groups excluding carboxylic acids is 1. The molecule has 1 atom stereocenters. The van der Waals surface area contributed by atoms with Gasteiger partial charge in [0.15, 0.2) is 11.6 Å². The molecule has 1 amide bonds. The van der Waals surface area contributed by atoms with Gasteiger partial charge in [-0.1, -0.05) is 36.9 Å². The van der Waals surface area contributed by atoms with Crippen LogP contribution in [-0.2, 0) is 0 Å². The van der Waals surface area contributed by atoms with Crippen molar-refractivity contribution in [1.82, 2.24) is 30.1 Å². The summed E-state index contributed by atoms with van der Waals surface area (Å²) >= 11 is 6.59. The molecule has 3 heterocycles. The fraction of sp³-hybridized carbons (Fsp3) is 0.480. The Kier molecular flexibility index (Phi) is 6.46. The third-order valence-corrected chi connectivity index (χ3v) is 7.67. The molecule has 1 aliphatic heterocycles. The second-order valence-electron chi connectivity index (χ2n) is 9.58. The molecule has 4 N–H and O–H groups in total. The normalized spacial score (nSPS) is 20.9. The number of piperazine rings is 1. The number of nitrogens with zero attached hydrogens (tertiary/aromatic N) is 4. The number of nitrogens with two attached hydrogens (primary N) is 1. The summed E-state index contributed by atoms with van der Waals surface area (Å²) < 4.78 is 1.80. The monoisotopic (exact) mass is 481 g/mol. The van der Waals surface area contributed by atoms with Gasteiger partial charge in [-0.3, -0.25) is 14.3 Å². The number of fused-ring (bicyclic) bond motifs is 1. The molecule has 8 nitrogen and oxygen atoms in total. The Morgan fingerprint density at radius 1 is 1.26 bits per heavy atom. The van der Waals surface area contributed by atoms with Gasteiger partial charge < -0.3 is 16.4 Å². The predicted octanol–water partition coefficient (Wildman–Crippen LogP) is 3.38. The maximum Gasteiger partial charge on any atom is 0.253 e. The molecule has 2 aliphatic rings. The van der Waals surface area contributed by atoms with Gasteiger partial charge >= 0.3 is 0 Å². The van der Waals surface area contributed by atoms with Crippen LogP contribution in [0.3, 0.4) is 0 Å². The minimum atomic E-state index is -0.132. The molecule has 2 fully saturated rings. The molecule has 1 aliphatic carbocycles. The molecule has 1 aromatic carbocycles. The zero-order valence-corrected chi connectivity index (χ0v) is 20.3. The summed E-state index contributed by atoms with van der Waals surface area (Å²) in [6.45, 7) is 5.86. The van der Waals surface area contributed by atoms with Crippen molar-refractivity contribution >= 4 is 34.2 Å². The topological polar surface area (TPSA) is 101 Å². The van der Waals surface area contributed by atoms with E-state index in [1.165, 1.54) is 19.3 Å². The minimum Gasteiger partial charge on any atom is -0.381 e. The SMILES string of the molecule is C[C@@H]1CN(C2(CNC(=O)c3cn(-c4nccnc4N)c4cccc(Cl)c34)CCCCC2)CCN1. The van der Waals surface area contributed by atoms with E-state index >= 15 is 0 Å². The lowest BCUT2D eigenvalue weighted by molar-refractivity contribution is 0.0273. The van der Waals surface area contributed by atoms with Gasteiger partial charge in [0.05, 0.1) is 16.1 Å². The average molecular weight is 482 g/mol. The van der Waals surface area contributed by atoms with E-state index in [4.69, 9.17) is 17.3 Å². The Morgan fingerprint density at radius 3 is 2.82 bits per heavy atom. The fourth-order valence-electron chi connectivity index (χ4n) is 5.64. The van der Waals surface area contributed by atoms with Crippen LogP contribution in [0.25, 0.3) is 16.7 Å². The first-order chi connectivity index (χ1) is 16.5. The van der Waals surface area contributed by atoms with Crippen molar-refractivity contribution in [2.24, 2.45) is 0 Å². The van der Waals surface area contributed by atoms with Crippen molar-refractivity contribution in [1.29, 1.82) is 0 Å². The van der Waals surface area contributed by atoms with Gasteiger partial charge in [0.25, 0.3) is 5.91 Å². The summed E-state index contributed by atoms with van der Waals surface area (Å²) in [5.41, 5.74) is 7.39. The van der Waals surface area contributed by atoms with Crippen LogP contribution in [0.5, 0.6) is 0 Å². The molecule has 0 spiro atoms. The van der Waals surface area contributed by atoms with Gasteiger partial charge in [-0.05, 0) is 31.9 Å². The maximum absolute atomic E-state index is 13.6. The van der Waals surface area contributed by atoms with Gasteiger partial charge in [-0.25, -0.2) is 9.97 Å². The van der Waals surface area contributed by atoms with Gasteiger partial charge in [-0.15, -0.1) is 0 Å². The highest BCUT2D eigenvalue weighted by Crippen LogP contribution is 2.35. The highest BCUT2D eigenvalue weighted by molar-refractivity contribution is 6.37. The molecular weight excluding hydrogens is 450 g/mol. The number of halogens is 1. The minimum absolute atomic E-state index is 0.00175. The molecule has 34 heavy (non-hydrogen) atoms. The van der Waals surface area contributed by atoms with Crippen LogP contribution >= 0.6 is 11.6 Å². The summed E-state index contributed by atoms with van der Waals surface area (Å²) in [6.07, 6.45) is 10.8. The number of nitrogens with one attached hydrogen (secondary N) is 2. The molecule has 2 aromatic heterocycles. The van der Waals surface area contributed by atoms with Crippen LogP contribution in [0.2, 0.25) is 5.02 Å². The largest absolute Gasteiger partial charge is 0.381 e. The van der Waals surface area contributed by atoms with E-state index in [9.17, 15) is 4.79 Å². The molecule has 1 saturated heterocycles. The van der Waals surface area contributed by atoms with Crippen molar-refractivity contribution in [3.05, 3.63) is 47.4 Å². The second kappa shape index (κ2) is 9.52. The highest BCUT2D eigenvalue weighted by Gasteiger charge is 2.39. The second-order valence-corrected chi connectivity index (χ2v) is 9.99. The first kappa shape index (κ1) is 23.1. The summed E-state index contributed by atoms with van der Waals surface area (Å²) in [6, 6.07) is 6.03. The number of hydrogen-bond donors (Lipinski definition) is 3. The van der Waals surface area contributed by atoms with Crippen LogP contribution in [0, 0.1) is 0 Å². The van der Waals surface area contributed by atoms with Crippen LogP contribution in [0.4, 0.5) is 5.82 Å². The zero-order valence-electron chi connectivity index (χ0n) is 19.6. The fourth-order valence-corrected chi connectivity index (χ4v) is 5.91. The molecule has 180 valence electrons. The van der Waals surface area contributed by atoms with Crippen LogP contribution in [-0.4, -0.2) is 63.1 Å². The van der Waals surface area contributed by atoms with Crippen LogP contribution in [0.15, 0.2) is 36.8 Å². The van der Waals surface area contributed by atoms with Crippen molar-refractivity contribution in [3.63, 3.8) is 0 Å². The van der Waals surface area contributed by atoms with E-state index in [0.717, 1.165) is 38.0 Å². The Hall–Kier alpha value is -2.68. The predicted molar refractivity (Wildman–Crippen MR) is 135 cm³/mol. The van der Waals surface area contributed by atoms with E-state index in [2.05, 4.69) is 32.4 Å². The van der Waals surface area contributed by atoms with Crippen molar-refractivity contribution in [2.75, 3.05) is 31.9 Å². The summed E-state index contributed by atoms with van der Waals surface area (Å²) in [4.78, 5) is 24.7. The summed E-state index contributed by atoms with van der Waals surface area (Å²) in [5.74, 6) is 0.639. The van der Waals surface area contributed by atoms with E-state index < -0.39 is 0 Å². The van der Waals surface area contributed by atoms with Gasteiger partial charge in [0, 0.05) is 61.7 Å². The standard InChI is InChI=1S/C25H32ClN7O/c1-17-14-32(13-12-28-17)25(8-3-2-4-9-25)16-31-24(34)18-15-33(23-22(27)29-10-11-30-23)20-7-5-6-19(26)21(18)20/h5-7,10-11,15,17,28H,2-4,8-9,12-14,16H2,1H3,(H2,27,29)(H,31,34)/t17-/m1/s1. The molecule has 0 unspecified atom stereocenters. The first-order valence-electron chi connectivity index (χ1n) is 12.1. The van der Waals surface area contributed by atoms with Gasteiger partial charge in [-0.2, -0.15) is 0 Å². The van der Waals surface area contributed by atoms with E-state index in [1.54, 1.807) is 29.2 Å². The number of benzene rings is 1. The van der Waals surface area contributed by atoms with E-state index in [1.807, 2.05) is 12.1 Å². The Labute approximate surface area is 204 Å². The lowest BCUT2D eigenvalue weighted by Crippen LogP contribution is -2.63. The summed E-state index contributed by atoms with van der Waals surface area (Å²) in [7, 11) is 0. The van der Waals surface area contributed by atoms with Gasteiger partial charge in [0.1, 0.15) is 0 Å². The van der Waals surface area contributed by atoms with E-state index in [-0.39, 0.29) is 11.4 Å². The zero-order chi connectivity index (χ0) is 23.7. The number of aromatic nitrogens is 3. The van der Waals surface area contributed by atoms with Crippen LogP contribution in [0.1, 0.15) is 49.4 Å². The van der Waals surface area contributed by atoms with Gasteiger partial charge in [0.2, 0.25) is 0 Å². The van der Waals surface area contributed by atoms with E-state index in [0.29, 0.717) is 40.2 Å². The summed E-state index contributed by atoms with van der Waals surface area (Å²) in [5, 5.41) is 8.04. The molecule has 0 bridgehead atoms. The van der Waals surface area contributed by atoms with Crippen LogP contribution < -0.4 is 16.4 Å². The number of carbonyl (C=O) groups is 1. The Bertz CT molecular complexity index is 1190. The highest BCUT2D eigenvalue weighted by atomic mass is 35.5. The third-order valence-electron chi connectivity index (χ3n) is 7.36. The van der Waals surface area contributed by atoms with Crippen molar-refractivity contribution < 1.29 is 4.79 Å².